The highest BCUT2D eigenvalue weighted by Crippen LogP contribution is 2.35. The van der Waals surface area contributed by atoms with E-state index in [0.29, 0.717) is 27.7 Å². The number of anilines is 2. The Morgan fingerprint density at radius 3 is 2.45 bits per heavy atom. The van der Waals surface area contributed by atoms with Crippen LogP contribution in [-0.4, -0.2) is 48.4 Å². The van der Waals surface area contributed by atoms with Gasteiger partial charge in [0.15, 0.2) is 11.4 Å². The van der Waals surface area contributed by atoms with Crippen LogP contribution in [0, 0.1) is 6.92 Å². The Kier molecular flexibility index (Phi) is 12.4. The second-order valence-corrected chi connectivity index (χ2v) is 10.2. The number of rotatable bonds is 9. The number of hydrogen-bond acceptors (Lipinski definition) is 5. The van der Waals surface area contributed by atoms with E-state index in [1.807, 2.05) is 67.0 Å². The number of fused-ring (bicyclic) bond motifs is 1. The number of nitrogens with zero attached hydrogens (tertiary/aromatic N) is 4. The van der Waals surface area contributed by atoms with Crippen molar-refractivity contribution in [2.45, 2.75) is 13.5 Å². The molecule has 0 unspecified atom stereocenters. The van der Waals surface area contributed by atoms with E-state index in [9.17, 15) is 9.59 Å². The second kappa shape index (κ2) is 14.8. The summed E-state index contributed by atoms with van der Waals surface area (Å²) in [6, 6.07) is 16.5. The van der Waals surface area contributed by atoms with Crippen molar-refractivity contribution in [3.63, 3.8) is 0 Å². The average Bonchev–Trinajstić information content (AvgIpc) is 3.21. The number of benzene rings is 2. The number of para-hydroxylation sites is 1. The number of halogens is 5. The molecule has 2 aromatic heterocycles. The lowest BCUT2D eigenvalue weighted by Crippen LogP contribution is -2.42. The van der Waals surface area contributed by atoms with Crippen molar-refractivity contribution in [2.24, 2.45) is 0 Å². The third kappa shape index (κ3) is 7.53. The molecule has 0 aliphatic carbocycles. The van der Waals surface area contributed by atoms with Crippen molar-refractivity contribution in [3.8, 4) is 5.75 Å². The molecule has 0 atom stereocenters. The number of pyridine rings is 1. The molecule has 0 aliphatic heterocycles. The smallest absolute Gasteiger partial charge is 0.246 e. The SMILES string of the molecule is Cc1nc2c(OCc3c(Cl)ccc(N(C)C(=O)CNC(=O)CN(C)c4ccccc4)c3Cl)cccn2c1Br.Cl.Cl. The number of amides is 2. The zero-order chi connectivity index (χ0) is 27.4. The topological polar surface area (TPSA) is 79.2 Å². The van der Waals surface area contributed by atoms with Gasteiger partial charge in [-0.05, 0) is 59.3 Å². The van der Waals surface area contributed by atoms with E-state index in [2.05, 4.69) is 26.2 Å². The van der Waals surface area contributed by atoms with Gasteiger partial charge < -0.3 is 19.9 Å². The van der Waals surface area contributed by atoms with Crippen molar-refractivity contribution in [3.05, 3.63) is 86.7 Å². The molecule has 214 valence electrons. The first-order chi connectivity index (χ1) is 18.2. The number of imidazole rings is 1. The van der Waals surface area contributed by atoms with Gasteiger partial charge in [-0.15, -0.1) is 24.8 Å². The predicted molar refractivity (Wildman–Crippen MR) is 169 cm³/mol. The highest BCUT2D eigenvalue weighted by molar-refractivity contribution is 9.10. The van der Waals surface area contributed by atoms with E-state index in [0.717, 1.165) is 16.0 Å². The summed E-state index contributed by atoms with van der Waals surface area (Å²) in [4.78, 5) is 33.0. The molecule has 2 heterocycles. The van der Waals surface area contributed by atoms with Crippen LogP contribution in [0.5, 0.6) is 5.75 Å². The van der Waals surface area contributed by atoms with E-state index in [1.165, 1.54) is 4.90 Å². The number of carbonyl (C=O) groups excluding carboxylic acids is 2. The summed E-state index contributed by atoms with van der Waals surface area (Å²) in [6.07, 6.45) is 1.88. The minimum atomic E-state index is -0.334. The summed E-state index contributed by atoms with van der Waals surface area (Å²) in [6.45, 7) is 1.90. The summed E-state index contributed by atoms with van der Waals surface area (Å²) in [5.41, 5.74) is 3.37. The summed E-state index contributed by atoms with van der Waals surface area (Å²) >= 11 is 16.7. The maximum absolute atomic E-state index is 12.9. The van der Waals surface area contributed by atoms with Gasteiger partial charge in [0.2, 0.25) is 11.8 Å². The zero-order valence-electron chi connectivity index (χ0n) is 21.9. The van der Waals surface area contributed by atoms with Crippen LogP contribution in [0.2, 0.25) is 10.0 Å². The number of ether oxygens (including phenoxy) is 1. The number of likely N-dealkylation sites (N-methyl/N-ethyl adjacent to an activating group) is 2. The molecule has 8 nitrogen and oxygen atoms in total. The first kappa shape index (κ1) is 33.5. The van der Waals surface area contributed by atoms with Gasteiger partial charge in [0.25, 0.3) is 0 Å². The Morgan fingerprint density at radius 1 is 1.05 bits per heavy atom. The minimum absolute atomic E-state index is 0. The van der Waals surface area contributed by atoms with Gasteiger partial charge in [-0.2, -0.15) is 0 Å². The van der Waals surface area contributed by atoms with Gasteiger partial charge in [0.1, 0.15) is 11.2 Å². The number of aryl methyl sites for hydroxylation is 1. The van der Waals surface area contributed by atoms with E-state index >= 15 is 0 Å². The third-order valence-corrected chi connectivity index (χ3v) is 7.73. The van der Waals surface area contributed by atoms with Crippen LogP contribution in [0.3, 0.4) is 0 Å². The third-order valence-electron chi connectivity index (χ3n) is 6.00. The predicted octanol–water partition coefficient (Wildman–Crippen LogP) is 6.35. The molecule has 0 radical (unpaired) electrons. The van der Waals surface area contributed by atoms with Crippen molar-refractivity contribution >= 4 is 92.8 Å². The zero-order valence-corrected chi connectivity index (χ0v) is 26.6. The van der Waals surface area contributed by atoms with Crippen LogP contribution < -0.4 is 19.9 Å². The average molecular weight is 692 g/mol. The van der Waals surface area contributed by atoms with Crippen LogP contribution in [0.1, 0.15) is 11.3 Å². The van der Waals surface area contributed by atoms with E-state index < -0.39 is 0 Å². The monoisotopic (exact) mass is 689 g/mol. The first-order valence-corrected chi connectivity index (χ1v) is 13.2. The highest BCUT2D eigenvalue weighted by atomic mass is 79.9. The van der Waals surface area contributed by atoms with Gasteiger partial charge in [0, 0.05) is 36.6 Å². The maximum Gasteiger partial charge on any atom is 0.246 e. The summed E-state index contributed by atoms with van der Waals surface area (Å²) in [5.74, 6) is -0.0461. The van der Waals surface area contributed by atoms with E-state index in [1.54, 1.807) is 24.1 Å². The van der Waals surface area contributed by atoms with Crippen molar-refractivity contribution in [1.29, 1.82) is 0 Å². The standard InChI is InChI=1S/C27H26BrCl2N5O3.2ClH/c1-17-26(28)35-13-7-10-22(27(35)32-17)38-16-19-20(29)11-12-21(25(19)30)34(3)24(37)14-31-23(36)15-33(2)18-8-5-4-6-9-18;;/h4-13H,14-16H2,1-3H3,(H,31,36);2*1H. The van der Waals surface area contributed by atoms with Crippen molar-refractivity contribution < 1.29 is 14.3 Å². The maximum atomic E-state index is 12.9. The van der Waals surface area contributed by atoms with Crippen molar-refractivity contribution in [1.82, 2.24) is 14.7 Å². The summed E-state index contributed by atoms with van der Waals surface area (Å²) in [5, 5.41) is 3.37. The van der Waals surface area contributed by atoms with Crippen LogP contribution in [0.15, 0.2) is 65.4 Å². The normalized spacial score (nSPS) is 10.3. The van der Waals surface area contributed by atoms with Crippen LogP contribution >= 0.6 is 63.9 Å². The van der Waals surface area contributed by atoms with Crippen LogP contribution in [-0.2, 0) is 16.2 Å². The Balaban J connectivity index is 0.00000280. The quantitative estimate of drug-likeness (QED) is 0.221. The highest BCUT2D eigenvalue weighted by Gasteiger charge is 2.20. The van der Waals surface area contributed by atoms with Gasteiger partial charge in [-0.1, -0.05) is 41.4 Å². The molecule has 2 amide bonds. The molecule has 2 aromatic carbocycles. The lowest BCUT2D eigenvalue weighted by Gasteiger charge is -2.22. The minimum Gasteiger partial charge on any atom is -0.485 e. The Morgan fingerprint density at radius 2 is 1.75 bits per heavy atom. The summed E-state index contributed by atoms with van der Waals surface area (Å²) in [7, 11) is 3.41. The Labute approximate surface area is 263 Å². The van der Waals surface area contributed by atoms with E-state index in [4.69, 9.17) is 27.9 Å². The fourth-order valence-corrected chi connectivity index (χ4v) is 4.82. The molecule has 0 saturated heterocycles. The van der Waals surface area contributed by atoms with Crippen LogP contribution in [0.4, 0.5) is 11.4 Å². The van der Waals surface area contributed by atoms with E-state index in [-0.39, 0.29) is 61.3 Å². The number of hydrogen-bond donors (Lipinski definition) is 1. The largest absolute Gasteiger partial charge is 0.485 e. The van der Waals surface area contributed by atoms with Gasteiger partial charge >= 0.3 is 0 Å². The fourth-order valence-electron chi connectivity index (χ4n) is 3.84. The van der Waals surface area contributed by atoms with Gasteiger partial charge in [-0.25, -0.2) is 4.98 Å². The molecule has 0 spiro atoms. The lowest BCUT2D eigenvalue weighted by molar-refractivity contribution is -0.124. The molecular formula is C27H28BrCl4N5O3. The Hall–Kier alpha value is -2.69. The molecular weight excluding hydrogens is 664 g/mol. The fraction of sp³-hybridized carbons (Fsp3) is 0.222. The molecule has 4 aromatic rings. The molecule has 0 fully saturated rings. The molecule has 1 N–H and O–H groups in total. The first-order valence-electron chi connectivity index (χ1n) is 11.7. The second-order valence-electron chi connectivity index (χ2n) is 8.62. The molecule has 13 heteroatoms. The summed E-state index contributed by atoms with van der Waals surface area (Å²) < 4.78 is 8.76. The Bertz CT molecular complexity index is 1490. The molecule has 0 saturated carbocycles. The molecule has 0 aliphatic rings. The molecule has 0 bridgehead atoms. The van der Waals surface area contributed by atoms with Gasteiger partial charge in [0.05, 0.1) is 29.5 Å². The molecule has 40 heavy (non-hydrogen) atoms. The van der Waals surface area contributed by atoms with Crippen LogP contribution in [0.25, 0.3) is 5.65 Å². The van der Waals surface area contributed by atoms with Gasteiger partial charge in [-0.3, -0.25) is 14.0 Å². The number of carbonyl (C=O) groups is 2. The van der Waals surface area contributed by atoms with Crippen molar-refractivity contribution in [2.75, 3.05) is 37.0 Å². The molecule has 4 rings (SSSR count). The number of nitrogens with one attached hydrogen (secondary N) is 1. The lowest BCUT2D eigenvalue weighted by atomic mass is 10.2. The number of aromatic nitrogens is 2.